The van der Waals surface area contributed by atoms with Crippen molar-refractivity contribution in [2.24, 2.45) is 0 Å². The van der Waals surface area contributed by atoms with Crippen molar-refractivity contribution in [1.29, 1.82) is 0 Å². The first-order chi connectivity index (χ1) is 14.8. The van der Waals surface area contributed by atoms with Crippen molar-refractivity contribution in [3.63, 3.8) is 0 Å². The first-order valence-electron chi connectivity index (χ1n) is 9.97. The molecule has 0 saturated carbocycles. The Morgan fingerprint density at radius 1 is 1.16 bits per heavy atom. The maximum absolute atomic E-state index is 12.8. The molecule has 2 amide bonds. The number of allylic oxidation sites excluding steroid dienone is 1. The third kappa shape index (κ3) is 5.39. The number of urea groups is 1. The Kier molecular flexibility index (Phi) is 7.59. The zero-order chi connectivity index (χ0) is 22.5. The van der Waals surface area contributed by atoms with E-state index in [1.54, 1.807) is 25.1 Å². The van der Waals surface area contributed by atoms with Crippen LogP contribution in [-0.2, 0) is 11.3 Å². The number of hydrogen-bond acceptors (Lipinski definition) is 3. The van der Waals surface area contributed by atoms with E-state index in [9.17, 15) is 14.7 Å². The van der Waals surface area contributed by atoms with Gasteiger partial charge in [0.15, 0.2) is 0 Å². The lowest BCUT2D eigenvalue weighted by atomic mass is 9.93. The van der Waals surface area contributed by atoms with Gasteiger partial charge in [-0.3, -0.25) is 0 Å². The second-order valence-electron chi connectivity index (χ2n) is 7.59. The highest BCUT2D eigenvalue weighted by atomic mass is 35.5. The number of halogens is 2. The summed E-state index contributed by atoms with van der Waals surface area (Å²) in [7, 11) is 2.02. The highest BCUT2D eigenvalue weighted by molar-refractivity contribution is 6.42. The minimum absolute atomic E-state index is 0.0846. The number of hydrogen-bond donors (Lipinski definition) is 2. The molecule has 0 aromatic heterocycles. The lowest BCUT2D eigenvalue weighted by Crippen LogP contribution is -2.49. The smallest absolute Gasteiger partial charge is 0.335 e. The van der Waals surface area contributed by atoms with Gasteiger partial charge in [0.2, 0.25) is 0 Å². The zero-order valence-corrected chi connectivity index (χ0v) is 19.0. The van der Waals surface area contributed by atoms with Crippen molar-refractivity contribution in [2.45, 2.75) is 25.9 Å². The minimum Gasteiger partial charge on any atom is -0.478 e. The van der Waals surface area contributed by atoms with Crippen LogP contribution >= 0.6 is 23.2 Å². The van der Waals surface area contributed by atoms with Crippen molar-refractivity contribution < 1.29 is 14.7 Å². The molecule has 2 aromatic rings. The molecule has 1 aliphatic rings. The number of carbonyl (C=O) groups is 2. The number of benzene rings is 2. The summed E-state index contributed by atoms with van der Waals surface area (Å²) in [6, 6.07) is 14.0. The number of nitrogens with zero attached hydrogens (tertiary/aromatic N) is 2. The maximum atomic E-state index is 12.8. The Morgan fingerprint density at radius 2 is 1.87 bits per heavy atom. The van der Waals surface area contributed by atoms with Gasteiger partial charge in [0.1, 0.15) is 0 Å². The Labute approximate surface area is 192 Å². The summed E-state index contributed by atoms with van der Waals surface area (Å²) in [5.41, 5.74) is 2.09. The second kappa shape index (κ2) is 10.2. The van der Waals surface area contributed by atoms with Crippen molar-refractivity contribution >= 4 is 35.2 Å². The summed E-state index contributed by atoms with van der Waals surface area (Å²) < 4.78 is 0. The van der Waals surface area contributed by atoms with Crippen LogP contribution in [0.15, 0.2) is 59.8 Å². The number of carboxylic acid groups (broad SMARTS) is 1. The Balaban J connectivity index is 1.80. The van der Waals surface area contributed by atoms with Crippen LogP contribution in [0.1, 0.15) is 30.5 Å². The van der Waals surface area contributed by atoms with Crippen molar-refractivity contribution in [2.75, 3.05) is 20.1 Å². The van der Waals surface area contributed by atoms with Gasteiger partial charge in [-0.1, -0.05) is 65.7 Å². The lowest BCUT2D eigenvalue weighted by Gasteiger charge is -2.38. The van der Waals surface area contributed by atoms with Crippen LogP contribution in [0.25, 0.3) is 0 Å². The largest absolute Gasteiger partial charge is 0.478 e. The summed E-state index contributed by atoms with van der Waals surface area (Å²) in [4.78, 5) is 28.6. The third-order valence-electron chi connectivity index (χ3n) is 5.29. The molecule has 0 aliphatic carbocycles. The molecule has 2 aromatic carbocycles. The van der Waals surface area contributed by atoms with E-state index in [2.05, 4.69) is 22.3 Å². The number of nitrogens with one attached hydrogen (secondary N) is 1. The number of carboxylic acids is 1. The fourth-order valence-electron chi connectivity index (χ4n) is 3.83. The third-order valence-corrected chi connectivity index (χ3v) is 6.12. The molecular weight excluding hydrogens is 437 g/mol. The molecule has 2 N–H and O–H groups in total. The standard InChI is InChI=1S/C23H25Cl2N3O3/c1-15-19(22(29)30)21(17-10-6-11-18(24)20(17)25)28(23(31)26-15)13-7-12-27(2)14-16-8-4-3-5-9-16/h3-6,8-11,21H,7,12-14H2,1-2H3,(H,26,31)(H,29,30). The normalized spacial score (nSPS) is 16.6. The SMILES string of the molecule is CC1=C(C(=O)O)C(c2cccc(Cl)c2Cl)N(CCCN(C)Cc2ccccc2)C(=O)N1. The van der Waals surface area contributed by atoms with E-state index in [0.717, 1.165) is 13.1 Å². The van der Waals surface area contributed by atoms with Gasteiger partial charge in [0.05, 0.1) is 21.7 Å². The molecule has 0 saturated heterocycles. The van der Waals surface area contributed by atoms with Crippen LogP contribution in [0.4, 0.5) is 4.79 Å². The summed E-state index contributed by atoms with van der Waals surface area (Å²) in [5, 5.41) is 13.1. The van der Waals surface area contributed by atoms with Gasteiger partial charge in [0, 0.05) is 18.8 Å². The summed E-state index contributed by atoms with van der Waals surface area (Å²) in [5.74, 6) is -1.11. The van der Waals surface area contributed by atoms with Gasteiger partial charge in [0.25, 0.3) is 0 Å². The zero-order valence-electron chi connectivity index (χ0n) is 17.4. The van der Waals surface area contributed by atoms with Crippen molar-refractivity contribution in [3.05, 3.63) is 81.0 Å². The highest BCUT2D eigenvalue weighted by Crippen LogP contribution is 2.39. The number of carbonyl (C=O) groups excluding carboxylic acids is 1. The second-order valence-corrected chi connectivity index (χ2v) is 8.38. The van der Waals surface area contributed by atoms with Gasteiger partial charge in [-0.2, -0.15) is 0 Å². The van der Waals surface area contributed by atoms with Crippen LogP contribution in [-0.4, -0.2) is 47.0 Å². The molecule has 164 valence electrons. The van der Waals surface area contributed by atoms with Crippen molar-refractivity contribution in [1.82, 2.24) is 15.1 Å². The van der Waals surface area contributed by atoms with Gasteiger partial charge >= 0.3 is 12.0 Å². The summed E-state index contributed by atoms with van der Waals surface area (Å²) >= 11 is 12.6. The molecule has 3 rings (SSSR count). The van der Waals surface area contributed by atoms with Crippen LogP contribution in [0.3, 0.4) is 0 Å². The number of rotatable bonds is 8. The fraction of sp³-hybridized carbons (Fsp3) is 0.304. The summed E-state index contributed by atoms with van der Waals surface area (Å²) in [6.45, 7) is 3.47. The molecule has 0 radical (unpaired) electrons. The predicted octanol–water partition coefficient (Wildman–Crippen LogP) is 4.94. The monoisotopic (exact) mass is 461 g/mol. The molecule has 0 bridgehead atoms. The van der Waals surface area contributed by atoms with Crippen LogP contribution in [0.2, 0.25) is 10.0 Å². The molecule has 8 heteroatoms. The quantitative estimate of drug-likeness (QED) is 0.583. The van der Waals surface area contributed by atoms with Crippen molar-refractivity contribution in [3.8, 4) is 0 Å². The molecule has 0 spiro atoms. The Bertz CT molecular complexity index is 995. The Hall–Kier alpha value is -2.54. The molecule has 1 heterocycles. The summed E-state index contributed by atoms with van der Waals surface area (Å²) in [6.07, 6.45) is 0.664. The molecule has 1 unspecified atom stereocenters. The first kappa shape index (κ1) is 23.1. The number of aliphatic carboxylic acids is 1. The number of amides is 2. The molecule has 6 nitrogen and oxygen atoms in total. The van der Waals surface area contributed by atoms with Gasteiger partial charge < -0.3 is 20.2 Å². The highest BCUT2D eigenvalue weighted by Gasteiger charge is 2.38. The average Bonchev–Trinajstić information content (AvgIpc) is 2.72. The van der Waals surface area contributed by atoms with E-state index in [-0.39, 0.29) is 16.6 Å². The molecule has 1 atom stereocenters. The van der Waals surface area contributed by atoms with E-state index in [4.69, 9.17) is 23.2 Å². The molecular formula is C23H25Cl2N3O3. The first-order valence-corrected chi connectivity index (χ1v) is 10.7. The van der Waals surface area contributed by atoms with Gasteiger partial charge in [-0.25, -0.2) is 9.59 Å². The Morgan fingerprint density at radius 3 is 2.55 bits per heavy atom. The molecule has 0 fully saturated rings. The molecule has 31 heavy (non-hydrogen) atoms. The van der Waals surface area contributed by atoms with E-state index >= 15 is 0 Å². The average molecular weight is 462 g/mol. The predicted molar refractivity (Wildman–Crippen MR) is 122 cm³/mol. The van der Waals surface area contributed by atoms with E-state index in [1.165, 1.54) is 10.5 Å². The molecule has 1 aliphatic heterocycles. The van der Waals surface area contributed by atoms with E-state index in [1.807, 2.05) is 25.2 Å². The van der Waals surface area contributed by atoms with Gasteiger partial charge in [-0.15, -0.1) is 0 Å². The van der Waals surface area contributed by atoms with Crippen LogP contribution < -0.4 is 5.32 Å². The van der Waals surface area contributed by atoms with Crippen LogP contribution in [0, 0.1) is 0 Å². The topological polar surface area (TPSA) is 72.9 Å². The lowest BCUT2D eigenvalue weighted by molar-refractivity contribution is -0.133. The van der Waals surface area contributed by atoms with Crippen LogP contribution in [0.5, 0.6) is 0 Å². The van der Waals surface area contributed by atoms with E-state index in [0.29, 0.717) is 29.2 Å². The van der Waals surface area contributed by atoms with Gasteiger partial charge in [-0.05, 0) is 44.1 Å². The minimum atomic E-state index is -1.11. The van der Waals surface area contributed by atoms with E-state index < -0.39 is 12.0 Å². The maximum Gasteiger partial charge on any atom is 0.335 e. The fourth-order valence-corrected chi connectivity index (χ4v) is 4.24.